The fraction of sp³-hybridized carbons (Fsp3) is 0.909. The van der Waals surface area contributed by atoms with Gasteiger partial charge in [-0.15, -0.1) is 0 Å². The molecule has 0 aromatic heterocycles. The Balaban J connectivity index is 4.13. The summed E-state index contributed by atoms with van der Waals surface area (Å²) in [4.78, 5) is 10.5. The molecule has 0 aliphatic heterocycles. The van der Waals surface area contributed by atoms with Crippen molar-refractivity contribution in [1.29, 1.82) is 0 Å². The molecule has 102 valence electrons. The molecule has 0 fully saturated rings. The first kappa shape index (κ1) is 16.4. The van der Waals surface area contributed by atoms with Crippen LogP contribution in [0.1, 0.15) is 34.1 Å². The van der Waals surface area contributed by atoms with Gasteiger partial charge >= 0.3 is 14.6 Å². The summed E-state index contributed by atoms with van der Waals surface area (Å²) in [7, 11) is -2.14. The van der Waals surface area contributed by atoms with Gasteiger partial charge in [0.15, 0.2) is 0 Å². The lowest BCUT2D eigenvalue weighted by Crippen LogP contribution is -2.43. The summed E-state index contributed by atoms with van der Waals surface area (Å²) < 4.78 is 11.9. The number of primary amides is 1. The molecule has 0 atom stereocenters. The molecule has 0 aromatic carbocycles. The van der Waals surface area contributed by atoms with Crippen LogP contribution in [0.15, 0.2) is 0 Å². The molecule has 5 nitrogen and oxygen atoms in total. The second-order valence-electron chi connectivity index (χ2n) is 4.86. The molecule has 6 heteroatoms. The maximum Gasteiger partial charge on any atom is 0.335 e. The SMILES string of the molecule is CC(C)O[Si](C)(CCCNC(N)=O)OC(C)C. The highest BCUT2D eigenvalue weighted by atomic mass is 28.4. The van der Waals surface area contributed by atoms with Crippen molar-refractivity contribution in [2.75, 3.05) is 6.54 Å². The molecule has 2 amide bonds. The highest BCUT2D eigenvalue weighted by Gasteiger charge is 2.33. The molecule has 3 N–H and O–H groups in total. The van der Waals surface area contributed by atoms with Gasteiger partial charge in [-0.25, -0.2) is 4.79 Å². The highest BCUT2D eigenvalue weighted by molar-refractivity contribution is 6.66. The molecule has 0 heterocycles. The Morgan fingerprint density at radius 3 is 2.06 bits per heavy atom. The van der Waals surface area contributed by atoms with Gasteiger partial charge in [0.1, 0.15) is 0 Å². The number of carbonyl (C=O) groups is 1. The Labute approximate surface area is 105 Å². The third-order valence-electron chi connectivity index (χ3n) is 2.08. The molecule has 0 spiro atoms. The average Bonchev–Trinajstić information content (AvgIpc) is 2.09. The van der Waals surface area contributed by atoms with Gasteiger partial charge in [0.05, 0.1) is 0 Å². The van der Waals surface area contributed by atoms with Crippen LogP contribution in [0.2, 0.25) is 12.6 Å². The lowest BCUT2D eigenvalue weighted by Gasteiger charge is -2.31. The molecule has 0 bridgehead atoms. The summed E-state index contributed by atoms with van der Waals surface area (Å²) in [5.41, 5.74) is 5.00. The summed E-state index contributed by atoms with van der Waals surface area (Å²) in [5.74, 6) is 0. The van der Waals surface area contributed by atoms with Crippen LogP contribution in [0.3, 0.4) is 0 Å². The smallest absolute Gasteiger partial charge is 0.335 e. The maximum atomic E-state index is 10.5. The van der Waals surface area contributed by atoms with E-state index in [4.69, 9.17) is 14.6 Å². The molecule has 0 aliphatic carbocycles. The summed E-state index contributed by atoms with van der Waals surface area (Å²) in [6, 6.07) is 0.367. The topological polar surface area (TPSA) is 73.6 Å². The van der Waals surface area contributed by atoms with Crippen molar-refractivity contribution < 1.29 is 13.6 Å². The lowest BCUT2D eigenvalue weighted by molar-refractivity contribution is 0.109. The minimum Gasteiger partial charge on any atom is -0.392 e. The zero-order chi connectivity index (χ0) is 13.5. The molecule has 0 unspecified atom stereocenters. The average molecular weight is 262 g/mol. The van der Waals surface area contributed by atoms with E-state index >= 15 is 0 Å². The molecule has 17 heavy (non-hydrogen) atoms. The van der Waals surface area contributed by atoms with Gasteiger partial charge in [-0.05, 0) is 46.7 Å². The normalized spacial score (nSPS) is 12.2. The van der Waals surface area contributed by atoms with Crippen LogP contribution in [0.5, 0.6) is 0 Å². The Morgan fingerprint density at radius 2 is 1.71 bits per heavy atom. The Kier molecular flexibility index (Phi) is 7.41. The van der Waals surface area contributed by atoms with E-state index in [0.29, 0.717) is 6.54 Å². The Morgan fingerprint density at radius 1 is 1.24 bits per heavy atom. The first-order valence-corrected chi connectivity index (χ1v) is 8.66. The summed E-state index contributed by atoms with van der Waals surface area (Å²) >= 11 is 0. The van der Waals surface area contributed by atoms with E-state index in [0.717, 1.165) is 12.5 Å². The van der Waals surface area contributed by atoms with Crippen molar-refractivity contribution in [2.45, 2.75) is 58.9 Å². The van der Waals surface area contributed by atoms with Crippen LogP contribution >= 0.6 is 0 Å². The number of hydrogen-bond donors (Lipinski definition) is 2. The van der Waals surface area contributed by atoms with E-state index in [1.165, 1.54) is 0 Å². The van der Waals surface area contributed by atoms with E-state index in [2.05, 4.69) is 11.9 Å². The van der Waals surface area contributed by atoms with E-state index in [1.54, 1.807) is 0 Å². The number of urea groups is 1. The lowest BCUT2D eigenvalue weighted by atomic mass is 10.5. The van der Waals surface area contributed by atoms with Gasteiger partial charge in [-0.1, -0.05) is 0 Å². The zero-order valence-electron chi connectivity index (χ0n) is 11.6. The summed E-state index contributed by atoms with van der Waals surface area (Å²) in [5, 5.41) is 2.57. The summed E-state index contributed by atoms with van der Waals surface area (Å²) in [6.07, 6.45) is 1.15. The monoisotopic (exact) mass is 262 g/mol. The van der Waals surface area contributed by atoms with Gasteiger partial charge in [-0.2, -0.15) is 0 Å². The van der Waals surface area contributed by atoms with Crippen LogP contribution in [0, 0.1) is 0 Å². The van der Waals surface area contributed by atoms with Gasteiger partial charge in [0.2, 0.25) is 0 Å². The zero-order valence-corrected chi connectivity index (χ0v) is 12.6. The molecule has 0 saturated carbocycles. The van der Waals surface area contributed by atoms with Gasteiger partial charge in [0, 0.05) is 18.8 Å². The predicted octanol–water partition coefficient (Wildman–Crippen LogP) is 1.97. The predicted molar refractivity (Wildman–Crippen MR) is 71.1 cm³/mol. The maximum absolute atomic E-state index is 10.5. The Bertz CT molecular complexity index is 225. The van der Waals surface area contributed by atoms with E-state index < -0.39 is 14.6 Å². The van der Waals surface area contributed by atoms with Crippen LogP contribution in [0.4, 0.5) is 4.79 Å². The van der Waals surface area contributed by atoms with Crippen LogP contribution in [-0.4, -0.2) is 33.3 Å². The molecular weight excluding hydrogens is 236 g/mol. The number of nitrogens with one attached hydrogen (secondary N) is 1. The quantitative estimate of drug-likeness (QED) is 0.519. The van der Waals surface area contributed by atoms with Crippen molar-refractivity contribution in [3.8, 4) is 0 Å². The second kappa shape index (κ2) is 7.68. The standard InChI is InChI=1S/C11H26N2O3Si/c1-9(2)15-17(5,16-10(3)4)8-6-7-13-11(12)14/h9-10H,6-8H2,1-5H3,(H3,12,13,14). The largest absolute Gasteiger partial charge is 0.392 e. The summed E-state index contributed by atoms with van der Waals surface area (Å²) in [6.45, 7) is 10.7. The number of carbonyl (C=O) groups excluding carboxylic acids is 1. The molecule has 0 aromatic rings. The fourth-order valence-electron chi connectivity index (χ4n) is 1.76. The minimum absolute atomic E-state index is 0.162. The number of rotatable bonds is 8. The molecule has 0 rings (SSSR count). The molecule has 0 saturated heterocycles. The van der Waals surface area contributed by atoms with Crippen LogP contribution in [0.25, 0.3) is 0 Å². The van der Waals surface area contributed by atoms with Gasteiger partial charge in [0.25, 0.3) is 0 Å². The number of hydrogen-bond acceptors (Lipinski definition) is 3. The first-order chi connectivity index (χ1) is 7.75. The third-order valence-corrected chi connectivity index (χ3v) is 5.28. The molecule has 0 aliphatic rings. The third kappa shape index (κ3) is 9.14. The van der Waals surface area contributed by atoms with Crippen molar-refractivity contribution in [3.05, 3.63) is 0 Å². The van der Waals surface area contributed by atoms with E-state index in [9.17, 15) is 4.79 Å². The van der Waals surface area contributed by atoms with Crippen molar-refractivity contribution in [3.63, 3.8) is 0 Å². The van der Waals surface area contributed by atoms with Gasteiger partial charge in [-0.3, -0.25) is 0 Å². The number of nitrogens with two attached hydrogens (primary N) is 1. The van der Waals surface area contributed by atoms with Gasteiger partial charge < -0.3 is 19.9 Å². The fourth-order valence-corrected chi connectivity index (χ4v) is 4.87. The first-order valence-electron chi connectivity index (χ1n) is 6.14. The molecular formula is C11H26N2O3Si. The van der Waals surface area contributed by atoms with E-state index in [-0.39, 0.29) is 12.2 Å². The molecule has 0 radical (unpaired) electrons. The highest BCUT2D eigenvalue weighted by Crippen LogP contribution is 2.19. The number of amides is 2. The second-order valence-corrected chi connectivity index (χ2v) is 8.10. The van der Waals surface area contributed by atoms with E-state index in [1.807, 2.05) is 27.7 Å². The van der Waals surface area contributed by atoms with Crippen molar-refractivity contribution >= 4 is 14.6 Å². The van der Waals surface area contributed by atoms with Crippen molar-refractivity contribution in [1.82, 2.24) is 5.32 Å². The van der Waals surface area contributed by atoms with Crippen LogP contribution < -0.4 is 11.1 Å². The van der Waals surface area contributed by atoms with Crippen molar-refractivity contribution in [2.24, 2.45) is 5.73 Å². The van der Waals surface area contributed by atoms with Crippen LogP contribution in [-0.2, 0) is 8.85 Å². The Hall–Kier alpha value is -0.593. The minimum atomic E-state index is -2.14.